The molecule has 1 N–H and O–H groups in total. The monoisotopic (exact) mass is 354 g/mol. The molecule has 0 saturated carbocycles. The largest absolute Gasteiger partial charge is 0.390 e. The van der Waals surface area contributed by atoms with Crippen LogP contribution >= 0.6 is 0 Å². The molecule has 1 saturated heterocycles. The maximum Gasteiger partial charge on any atom is 0.164 e. The maximum absolute atomic E-state index is 10.1. The molecular weight excluding hydrogens is 312 g/mol. The van der Waals surface area contributed by atoms with Crippen molar-refractivity contribution in [1.82, 2.24) is 0 Å². The zero-order valence-electron chi connectivity index (χ0n) is 17.1. The summed E-state index contributed by atoms with van der Waals surface area (Å²) in [7, 11) is 0. The average molecular weight is 355 g/mol. The predicted molar refractivity (Wildman–Crippen MR) is 106 cm³/mol. The number of ether oxygens (including phenoxy) is 2. The van der Waals surface area contributed by atoms with Crippen molar-refractivity contribution < 1.29 is 14.6 Å². The first kappa shape index (κ1) is 22.7. The van der Waals surface area contributed by atoms with Crippen LogP contribution in [0.25, 0.3) is 0 Å². The van der Waals surface area contributed by atoms with Gasteiger partial charge in [-0.2, -0.15) is 0 Å². The molecule has 1 fully saturated rings. The standard InChI is InChI=1S/C22H42O3/c1-5-7-8-9-10-11-12-13-14-15-16-17-18-20-21(19(23)6-2)25-22(3,4)24-20/h17-21,23H,5-16H2,1-4H3/t19-,20-,21+/m1/s1. The fourth-order valence-corrected chi connectivity index (χ4v) is 3.48. The van der Waals surface area contributed by atoms with E-state index in [2.05, 4.69) is 19.1 Å². The smallest absolute Gasteiger partial charge is 0.164 e. The van der Waals surface area contributed by atoms with E-state index in [1.165, 1.54) is 64.2 Å². The van der Waals surface area contributed by atoms with E-state index in [-0.39, 0.29) is 12.2 Å². The summed E-state index contributed by atoms with van der Waals surface area (Å²) >= 11 is 0. The molecule has 0 aromatic heterocycles. The van der Waals surface area contributed by atoms with Crippen molar-refractivity contribution in [3.8, 4) is 0 Å². The zero-order chi connectivity index (χ0) is 18.5. The lowest BCUT2D eigenvalue weighted by Gasteiger charge is -2.20. The van der Waals surface area contributed by atoms with E-state index in [4.69, 9.17) is 9.47 Å². The number of hydrogen-bond acceptors (Lipinski definition) is 3. The first-order valence-electron chi connectivity index (χ1n) is 10.7. The fraction of sp³-hybridized carbons (Fsp3) is 0.909. The van der Waals surface area contributed by atoms with Crippen LogP contribution in [0.15, 0.2) is 12.2 Å². The molecule has 148 valence electrons. The van der Waals surface area contributed by atoms with Gasteiger partial charge in [0.1, 0.15) is 12.2 Å². The summed E-state index contributed by atoms with van der Waals surface area (Å²) in [5, 5.41) is 10.1. The first-order valence-corrected chi connectivity index (χ1v) is 10.7. The second-order valence-electron chi connectivity index (χ2n) is 7.94. The molecule has 3 nitrogen and oxygen atoms in total. The molecule has 1 aliphatic rings. The summed E-state index contributed by atoms with van der Waals surface area (Å²) in [6.07, 6.45) is 18.9. The Morgan fingerprint density at radius 3 is 2.00 bits per heavy atom. The summed E-state index contributed by atoms with van der Waals surface area (Å²) in [4.78, 5) is 0. The van der Waals surface area contributed by atoms with E-state index in [0.29, 0.717) is 6.42 Å². The number of unbranched alkanes of at least 4 members (excludes halogenated alkanes) is 10. The van der Waals surface area contributed by atoms with Crippen LogP contribution in [0.4, 0.5) is 0 Å². The highest BCUT2D eigenvalue weighted by Crippen LogP contribution is 2.31. The highest BCUT2D eigenvalue weighted by Gasteiger charge is 2.42. The summed E-state index contributed by atoms with van der Waals surface area (Å²) in [5.74, 6) is -0.604. The summed E-state index contributed by atoms with van der Waals surface area (Å²) in [6, 6.07) is 0. The van der Waals surface area contributed by atoms with E-state index in [1.807, 2.05) is 20.8 Å². The predicted octanol–water partition coefficient (Wildman–Crippen LogP) is 6.14. The first-order chi connectivity index (χ1) is 12.0. The molecule has 0 amide bonds. The Labute approximate surface area is 156 Å². The Morgan fingerprint density at radius 2 is 1.44 bits per heavy atom. The number of allylic oxidation sites excluding steroid dienone is 1. The van der Waals surface area contributed by atoms with Gasteiger partial charge >= 0.3 is 0 Å². The average Bonchev–Trinajstić information content (AvgIpc) is 2.90. The Balaban J connectivity index is 2.08. The van der Waals surface area contributed by atoms with Crippen LogP contribution in [0.5, 0.6) is 0 Å². The van der Waals surface area contributed by atoms with E-state index in [0.717, 1.165) is 6.42 Å². The Morgan fingerprint density at radius 1 is 0.880 bits per heavy atom. The van der Waals surface area contributed by atoms with E-state index in [9.17, 15) is 5.11 Å². The van der Waals surface area contributed by atoms with Gasteiger partial charge < -0.3 is 14.6 Å². The molecule has 0 aromatic carbocycles. The summed E-state index contributed by atoms with van der Waals surface area (Å²) in [5.41, 5.74) is 0. The number of aliphatic hydroxyl groups is 1. The summed E-state index contributed by atoms with van der Waals surface area (Å²) < 4.78 is 11.8. The van der Waals surface area contributed by atoms with Crippen LogP contribution in [-0.2, 0) is 9.47 Å². The highest BCUT2D eigenvalue weighted by molar-refractivity contribution is 5.00. The van der Waals surface area contributed by atoms with Crippen molar-refractivity contribution in [3.05, 3.63) is 12.2 Å². The quantitative estimate of drug-likeness (QED) is 0.300. The van der Waals surface area contributed by atoms with Crippen LogP contribution in [0.2, 0.25) is 0 Å². The molecule has 0 spiro atoms. The Bertz CT molecular complexity index is 351. The molecule has 0 bridgehead atoms. The lowest BCUT2D eigenvalue weighted by molar-refractivity contribution is -0.153. The Hall–Kier alpha value is -0.380. The van der Waals surface area contributed by atoms with Gasteiger partial charge in [0.05, 0.1) is 6.10 Å². The maximum atomic E-state index is 10.1. The van der Waals surface area contributed by atoms with Crippen LogP contribution < -0.4 is 0 Å². The van der Waals surface area contributed by atoms with Gasteiger partial charge in [-0.05, 0) is 33.1 Å². The highest BCUT2D eigenvalue weighted by atomic mass is 16.8. The van der Waals surface area contributed by atoms with Crippen molar-refractivity contribution >= 4 is 0 Å². The van der Waals surface area contributed by atoms with Gasteiger partial charge in [0.15, 0.2) is 5.79 Å². The molecule has 25 heavy (non-hydrogen) atoms. The third-order valence-corrected chi connectivity index (χ3v) is 5.01. The van der Waals surface area contributed by atoms with Gasteiger partial charge in [-0.25, -0.2) is 0 Å². The molecular formula is C22H42O3. The minimum atomic E-state index is -0.604. The minimum Gasteiger partial charge on any atom is -0.390 e. The normalized spacial score (nSPS) is 24.2. The van der Waals surface area contributed by atoms with Gasteiger partial charge in [-0.1, -0.05) is 83.8 Å². The SMILES string of the molecule is CCCCCCCCCCCCC=C[C@H]1OC(C)(C)O[C@H]1[C@H](O)CC. The van der Waals surface area contributed by atoms with Crippen LogP contribution in [0, 0.1) is 0 Å². The van der Waals surface area contributed by atoms with Crippen LogP contribution in [0.3, 0.4) is 0 Å². The van der Waals surface area contributed by atoms with E-state index in [1.54, 1.807) is 0 Å². The molecule has 0 aliphatic carbocycles. The van der Waals surface area contributed by atoms with E-state index < -0.39 is 11.9 Å². The lowest BCUT2D eigenvalue weighted by atomic mass is 10.0. The van der Waals surface area contributed by atoms with Crippen molar-refractivity contribution in [1.29, 1.82) is 0 Å². The lowest BCUT2D eigenvalue weighted by Crippen LogP contribution is -2.34. The molecule has 1 aliphatic heterocycles. The number of rotatable bonds is 14. The second-order valence-corrected chi connectivity index (χ2v) is 7.94. The molecule has 3 heteroatoms. The zero-order valence-corrected chi connectivity index (χ0v) is 17.1. The third kappa shape index (κ3) is 9.77. The summed E-state index contributed by atoms with van der Waals surface area (Å²) in [6.45, 7) is 8.08. The molecule has 1 rings (SSSR count). The van der Waals surface area contributed by atoms with Gasteiger partial charge in [-0.15, -0.1) is 0 Å². The van der Waals surface area contributed by atoms with Crippen molar-refractivity contribution in [2.45, 2.75) is 129 Å². The second kappa shape index (κ2) is 12.9. The molecule has 3 atom stereocenters. The van der Waals surface area contributed by atoms with Crippen LogP contribution in [0.1, 0.15) is 105 Å². The molecule has 1 heterocycles. The van der Waals surface area contributed by atoms with Gasteiger partial charge in [-0.3, -0.25) is 0 Å². The van der Waals surface area contributed by atoms with E-state index >= 15 is 0 Å². The third-order valence-electron chi connectivity index (χ3n) is 5.01. The Kier molecular flexibility index (Phi) is 11.7. The van der Waals surface area contributed by atoms with Gasteiger partial charge in [0, 0.05) is 0 Å². The van der Waals surface area contributed by atoms with Gasteiger partial charge in [0.25, 0.3) is 0 Å². The van der Waals surface area contributed by atoms with Crippen molar-refractivity contribution in [2.24, 2.45) is 0 Å². The molecule has 0 unspecified atom stereocenters. The molecule has 0 radical (unpaired) electrons. The fourth-order valence-electron chi connectivity index (χ4n) is 3.48. The topological polar surface area (TPSA) is 38.7 Å². The number of hydrogen-bond donors (Lipinski definition) is 1. The van der Waals surface area contributed by atoms with Crippen molar-refractivity contribution in [2.75, 3.05) is 0 Å². The van der Waals surface area contributed by atoms with Crippen LogP contribution in [-0.4, -0.2) is 29.2 Å². The van der Waals surface area contributed by atoms with Gasteiger partial charge in [0.2, 0.25) is 0 Å². The minimum absolute atomic E-state index is 0.131. The molecule has 0 aromatic rings. The number of aliphatic hydroxyl groups excluding tert-OH is 1. The van der Waals surface area contributed by atoms with Crippen molar-refractivity contribution in [3.63, 3.8) is 0 Å².